The van der Waals surface area contributed by atoms with Crippen LogP contribution >= 0.6 is 0 Å². The molecule has 0 aliphatic heterocycles. The molecule has 3 unspecified atom stereocenters. The minimum absolute atomic E-state index is 0.0462. The van der Waals surface area contributed by atoms with Crippen LogP contribution < -0.4 is 11.1 Å². The SMILES string of the molecule is CC1CCC(Nc2nc(N)ncc2[N+](=O)[O-])C(C)C1. The monoisotopic (exact) mass is 265 g/mol. The lowest BCUT2D eigenvalue weighted by Crippen LogP contribution is -2.33. The van der Waals surface area contributed by atoms with Crippen molar-refractivity contribution < 1.29 is 4.92 Å². The molecule has 104 valence electrons. The van der Waals surface area contributed by atoms with Crippen molar-refractivity contribution >= 4 is 17.5 Å². The first kappa shape index (κ1) is 13.5. The first-order chi connectivity index (χ1) is 8.97. The number of nitrogens with two attached hydrogens (primary N) is 1. The molecular formula is C12H19N5O2. The van der Waals surface area contributed by atoms with Crippen LogP contribution in [0.1, 0.15) is 33.1 Å². The van der Waals surface area contributed by atoms with Gasteiger partial charge in [0.2, 0.25) is 11.8 Å². The maximum atomic E-state index is 11.0. The Kier molecular flexibility index (Phi) is 3.82. The van der Waals surface area contributed by atoms with Crippen LogP contribution in [-0.4, -0.2) is 20.9 Å². The molecule has 0 radical (unpaired) electrons. The molecule has 1 aromatic rings. The van der Waals surface area contributed by atoms with Gasteiger partial charge in [0.05, 0.1) is 4.92 Å². The van der Waals surface area contributed by atoms with Gasteiger partial charge in [-0.05, 0) is 31.1 Å². The molecule has 1 fully saturated rings. The van der Waals surface area contributed by atoms with E-state index < -0.39 is 4.92 Å². The second kappa shape index (κ2) is 5.38. The fourth-order valence-electron chi connectivity index (χ4n) is 2.68. The highest BCUT2D eigenvalue weighted by atomic mass is 16.6. The van der Waals surface area contributed by atoms with E-state index in [1.54, 1.807) is 0 Å². The number of nitrogens with one attached hydrogen (secondary N) is 1. The van der Waals surface area contributed by atoms with Crippen LogP contribution in [0.4, 0.5) is 17.5 Å². The van der Waals surface area contributed by atoms with E-state index in [0.29, 0.717) is 11.8 Å². The number of nitro groups is 1. The Balaban J connectivity index is 2.18. The molecule has 1 heterocycles. The zero-order valence-corrected chi connectivity index (χ0v) is 11.2. The molecule has 1 saturated carbocycles. The van der Waals surface area contributed by atoms with Crippen molar-refractivity contribution in [3.63, 3.8) is 0 Å². The van der Waals surface area contributed by atoms with Gasteiger partial charge in [0.15, 0.2) is 0 Å². The first-order valence-corrected chi connectivity index (χ1v) is 6.50. The molecule has 0 bridgehead atoms. The van der Waals surface area contributed by atoms with E-state index in [1.807, 2.05) is 0 Å². The van der Waals surface area contributed by atoms with Gasteiger partial charge in [0.25, 0.3) is 0 Å². The molecule has 0 spiro atoms. The Morgan fingerprint density at radius 1 is 1.47 bits per heavy atom. The standard InChI is InChI=1S/C12H19N5O2/c1-7-3-4-9(8(2)5-7)15-11-10(17(18)19)6-14-12(13)16-11/h6-9H,3-5H2,1-2H3,(H3,13,14,15,16). The summed E-state index contributed by atoms with van der Waals surface area (Å²) in [5.74, 6) is 1.44. The molecule has 0 aromatic carbocycles. The third kappa shape index (κ3) is 3.10. The van der Waals surface area contributed by atoms with Crippen LogP contribution in [-0.2, 0) is 0 Å². The lowest BCUT2D eigenvalue weighted by atomic mass is 9.80. The van der Waals surface area contributed by atoms with Crippen molar-refractivity contribution in [3.8, 4) is 0 Å². The number of rotatable bonds is 3. The largest absolute Gasteiger partial charge is 0.368 e. The van der Waals surface area contributed by atoms with Crippen LogP contribution in [0.5, 0.6) is 0 Å². The van der Waals surface area contributed by atoms with Gasteiger partial charge in [-0.15, -0.1) is 0 Å². The predicted octanol–water partition coefficient (Wildman–Crippen LogP) is 2.20. The van der Waals surface area contributed by atoms with Crippen molar-refractivity contribution in [1.82, 2.24) is 9.97 Å². The number of hydrogen-bond acceptors (Lipinski definition) is 6. The quantitative estimate of drug-likeness (QED) is 0.641. The van der Waals surface area contributed by atoms with Crippen LogP contribution in [0.2, 0.25) is 0 Å². The van der Waals surface area contributed by atoms with E-state index in [1.165, 1.54) is 0 Å². The summed E-state index contributed by atoms with van der Waals surface area (Å²) in [7, 11) is 0. The zero-order chi connectivity index (χ0) is 14.0. The highest BCUT2D eigenvalue weighted by Gasteiger charge is 2.28. The maximum Gasteiger partial charge on any atom is 0.329 e. The average Bonchev–Trinajstić information content (AvgIpc) is 2.32. The van der Waals surface area contributed by atoms with Gasteiger partial charge in [-0.3, -0.25) is 10.1 Å². The highest BCUT2D eigenvalue weighted by Crippen LogP contribution is 2.32. The summed E-state index contributed by atoms with van der Waals surface area (Å²) in [6.45, 7) is 4.39. The lowest BCUT2D eigenvalue weighted by molar-refractivity contribution is -0.384. The molecule has 0 amide bonds. The van der Waals surface area contributed by atoms with Crippen LogP contribution in [0.3, 0.4) is 0 Å². The molecule has 1 aromatic heterocycles. The number of hydrogen-bond donors (Lipinski definition) is 2. The molecule has 3 N–H and O–H groups in total. The van der Waals surface area contributed by atoms with Gasteiger partial charge >= 0.3 is 5.69 Å². The number of anilines is 2. The van der Waals surface area contributed by atoms with E-state index in [9.17, 15) is 10.1 Å². The normalized spacial score (nSPS) is 26.9. The smallest absolute Gasteiger partial charge is 0.329 e. The van der Waals surface area contributed by atoms with Crippen molar-refractivity contribution in [2.75, 3.05) is 11.1 Å². The second-order valence-corrected chi connectivity index (χ2v) is 5.37. The molecule has 7 heteroatoms. The third-order valence-electron chi connectivity index (χ3n) is 3.74. The van der Waals surface area contributed by atoms with Crippen molar-refractivity contribution in [2.24, 2.45) is 11.8 Å². The van der Waals surface area contributed by atoms with Crippen molar-refractivity contribution in [2.45, 2.75) is 39.2 Å². The number of nitrogen functional groups attached to an aromatic ring is 1. The maximum absolute atomic E-state index is 11.0. The molecule has 0 saturated heterocycles. The Morgan fingerprint density at radius 2 is 2.21 bits per heavy atom. The Hall–Kier alpha value is -1.92. The Morgan fingerprint density at radius 3 is 2.84 bits per heavy atom. The van der Waals surface area contributed by atoms with E-state index >= 15 is 0 Å². The fraction of sp³-hybridized carbons (Fsp3) is 0.667. The summed E-state index contributed by atoms with van der Waals surface area (Å²) in [4.78, 5) is 18.1. The summed E-state index contributed by atoms with van der Waals surface area (Å²) in [5, 5.41) is 14.1. The summed E-state index contributed by atoms with van der Waals surface area (Å²) in [5.41, 5.74) is 5.38. The van der Waals surface area contributed by atoms with Crippen LogP contribution in [0.25, 0.3) is 0 Å². The molecule has 1 aliphatic carbocycles. The zero-order valence-electron chi connectivity index (χ0n) is 11.2. The number of aromatic nitrogens is 2. The first-order valence-electron chi connectivity index (χ1n) is 6.50. The van der Waals surface area contributed by atoms with Gasteiger partial charge in [-0.1, -0.05) is 13.8 Å². The lowest BCUT2D eigenvalue weighted by Gasteiger charge is -2.33. The molecule has 3 atom stereocenters. The fourth-order valence-corrected chi connectivity index (χ4v) is 2.68. The third-order valence-corrected chi connectivity index (χ3v) is 3.74. The Bertz CT molecular complexity index is 479. The predicted molar refractivity (Wildman–Crippen MR) is 72.7 cm³/mol. The minimum Gasteiger partial charge on any atom is -0.368 e. The molecule has 7 nitrogen and oxygen atoms in total. The Labute approximate surface area is 111 Å². The second-order valence-electron chi connectivity index (χ2n) is 5.37. The highest BCUT2D eigenvalue weighted by molar-refractivity contribution is 5.56. The van der Waals surface area contributed by atoms with Gasteiger partial charge in [0, 0.05) is 6.04 Å². The van der Waals surface area contributed by atoms with Gasteiger partial charge < -0.3 is 11.1 Å². The summed E-state index contributed by atoms with van der Waals surface area (Å²) < 4.78 is 0. The van der Waals surface area contributed by atoms with Crippen molar-refractivity contribution in [3.05, 3.63) is 16.3 Å². The van der Waals surface area contributed by atoms with Gasteiger partial charge in [-0.25, -0.2) is 4.98 Å². The molecule has 2 rings (SSSR count). The molecule has 19 heavy (non-hydrogen) atoms. The summed E-state index contributed by atoms with van der Waals surface area (Å²) >= 11 is 0. The summed E-state index contributed by atoms with van der Waals surface area (Å²) in [6.07, 6.45) is 4.38. The average molecular weight is 265 g/mol. The molecular weight excluding hydrogens is 246 g/mol. The number of nitrogens with zero attached hydrogens (tertiary/aromatic N) is 3. The van der Waals surface area contributed by atoms with E-state index in [2.05, 4.69) is 29.1 Å². The van der Waals surface area contributed by atoms with E-state index in [4.69, 9.17) is 5.73 Å². The van der Waals surface area contributed by atoms with Crippen LogP contribution in [0.15, 0.2) is 6.20 Å². The van der Waals surface area contributed by atoms with E-state index in [0.717, 1.165) is 25.5 Å². The minimum atomic E-state index is -0.488. The van der Waals surface area contributed by atoms with E-state index in [-0.39, 0.29) is 23.5 Å². The van der Waals surface area contributed by atoms with Gasteiger partial charge in [0.1, 0.15) is 6.20 Å². The topological polar surface area (TPSA) is 107 Å². The van der Waals surface area contributed by atoms with Gasteiger partial charge in [-0.2, -0.15) is 4.98 Å². The van der Waals surface area contributed by atoms with Crippen molar-refractivity contribution in [1.29, 1.82) is 0 Å². The summed E-state index contributed by atoms with van der Waals surface area (Å²) in [6, 6.07) is 0.198. The van der Waals surface area contributed by atoms with Crippen LogP contribution in [0, 0.1) is 22.0 Å². The molecule has 1 aliphatic rings.